The third-order valence-corrected chi connectivity index (χ3v) is 3.16. The van der Waals surface area contributed by atoms with E-state index in [1.807, 2.05) is 6.07 Å². The van der Waals surface area contributed by atoms with Crippen molar-refractivity contribution >= 4 is 21.9 Å². The van der Waals surface area contributed by atoms with Gasteiger partial charge < -0.3 is 0 Å². The summed E-state index contributed by atoms with van der Waals surface area (Å²) in [7, 11) is -2.83. The zero-order valence-electron chi connectivity index (χ0n) is 8.41. The Kier molecular flexibility index (Phi) is 2.91. The first-order chi connectivity index (χ1) is 7.57. The fourth-order valence-corrected chi connectivity index (χ4v) is 2.28. The van der Waals surface area contributed by atoms with Crippen molar-refractivity contribution in [2.45, 2.75) is 6.42 Å². The number of carbonyl (C=O) groups excluding carboxylic acids is 1. The fourth-order valence-electron chi connectivity index (χ4n) is 1.38. The maximum atomic E-state index is 11.7. The summed E-state index contributed by atoms with van der Waals surface area (Å²) in [6.45, 7) is 0. The normalized spacial score (nSPS) is 19.2. The zero-order valence-corrected chi connectivity index (χ0v) is 9.22. The molecule has 0 atom stereocenters. The molecule has 0 fully saturated rings. The summed E-state index contributed by atoms with van der Waals surface area (Å²) in [5.74, 6) is -0.0823. The van der Waals surface area contributed by atoms with Crippen LogP contribution < -0.4 is 0 Å². The topological polar surface area (TPSA) is 69.9 Å². The van der Waals surface area contributed by atoms with Crippen molar-refractivity contribution in [1.29, 1.82) is 0 Å². The molecular formula is C11H11NO3S. The first kappa shape index (κ1) is 11.1. The maximum absolute atomic E-state index is 11.7. The van der Waals surface area contributed by atoms with E-state index in [-0.39, 0.29) is 12.2 Å². The van der Waals surface area contributed by atoms with E-state index in [2.05, 4.69) is 4.99 Å². The number of rotatable bonds is 3. The molecule has 0 unspecified atom stereocenters. The third-order valence-electron chi connectivity index (χ3n) is 2.12. The number of aliphatic imine (C=N–C) groups is 1. The largest absolute Gasteiger partial charge is 0.294 e. The summed E-state index contributed by atoms with van der Waals surface area (Å²) in [6, 6.07) is 8.85. The summed E-state index contributed by atoms with van der Waals surface area (Å²) in [4.78, 5) is 15.5. The molecule has 4 nitrogen and oxygen atoms in total. The number of carbonyl (C=O) groups is 1. The second-order valence-corrected chi connectivity index (χ2v) is 5.17. The SMILES string of the molecule is O=C(CC1=CS(O)(O)C=N1)c1ccccc1. The van der Waals surface area contributed by atoms with Gasteiger partial charge in [-0.3, -0.25) is 13.9 Å². The lowest BCUT2D eigenvalue weighted by atomic mass is 10.1. The zero-order chi connectivity index (χ0) is 11.6. The van der Waals surface area contributed by atoms with Crippen LogP contribution in [0.3, 0.4) is 0 Å². The molecule has 0 radical (unpaired) electrons. The Morgan fingerprint density at radius 3 is 2.50 bits per heavy atom. The van der Waals surface area contributed by atoms with Crippen molar-refractivity contribution < 1.29 is 13.9 Å². The predicted octanol–water partition coefficient (Wildman–Crippen LogP) is 2.89. The van der Waals surface area contributed by atoms with Crippen LogP contribution in [-0.4, -0.2) is 20.4 Å². The van der Waals surface area contributed by atoms with Crippen LogP contribution in [0.1, 0.15) is 16.8 Å². The van der Waals surface area contributed by atoms with Crippen molar-refractivity contribution in [3.05, 3.63) is 47.0 Å². The van der Waals surface area contributed by atoms with Gasteiger partial charge in [-0.2, -0.15) is 0 Å². The molecule has 1 aliphatic rings. The van der Waals surface area contributed by atoms with Gasteiger partial charge in [0, 0.05) is 5.56 Å². The minimum absolute atomic E-state index is 0.0823. The van der Waals surface area contributed by atoms with E-state index in [1.165, 1.54) is 5.41 Å². The molecule has 2 rings (SSSR count). The van der Waals surface area contributed by atoms with Gasteiger partial charge in [0.2, 0.25) is 0 Å². The van der Waals surface area contributed by atoms with Gasteiger partial charge >= 0.3 is 0 Å². The van der Waals surface area contributed by atoms with Crippen LogP contribution in [0.5, 0.6) is 0 Å². The van der Waals surface area contributed by atoms with Gasteiger partial charge in [-0.15, -0.1) is 10.6 Å². The number of allylic oxidation sites excluding steroid dienone is 1. The predicted molar refractivity (Wildman–Crippen MR) is 64.8 cm³/mol. The lowest BCUT2D eigenvalue weighted by molar-refractivity contribution is 0.0993. The smallest absolute Gasteiger partial charge is 0.168 e. The summed E-state index contributed by atoms with van der Waals surface area (Å²) in [5, 5.41) is 1.24. The van der Waals surface area contributed by atoms with Crippen LogP contribution in [0.2, 0.25) is 0 Å². The minimum Gasteiger partial charge on any atom is -0.294 e. The van der Waals surface area contributed by atoms with Crippen molar-refractivity contribution in [2.24, 2.45) is 4.99 Å². The van der Waals surface area contributed by atoms with Gasteiger partial charge in [-0.05, 0) is 0 Å². The molecule has 1 heterocycles. The molecule has 0 saturated heterocycles. The van der Waals surface area contributed by atoms with E-state index >= 15 is 0 Å². The van der Waals surface area contributed by atoms with Crippen LogP contribution in [0.4, 0.5) is 0 Å². The van der Waals surface area contributed by atoms with Gasteiger partial charge in [0.05, 0.1) is 17.5 Å². The lowest BCUT2D eigenvalue weighted by Gasteiger charge is -2.17. The molecule has 0 saturated carbocycles. The van der Waals surface area contributed by atoms with Gasteiger partial charge in [0.15, 0.2) is 5.78 Å². The number of Topliss-reactive ketones (excluding diaryl/α,β-unsaturated/α-hetero) is 1. The molecule has 16 heavy (non-hydrogen) atoms. The molecule has 0 bridgehead atoms. The summed E-state index contributed by atoms with van der Waals surface area (Å²) >= 11 is 0. The molecule has 5 heteroatoms. The van der Waals surface area contributed by atoms with Gasteiger partial charge in [-0.25, -0.2) is 4.99 Å². The molecule has 1 aromatic rings. The van der Waals surface area contributed by atoms with Crippen LogP contribution in [0, 0.1) is 0 Å². The Bertz CT molecular complexity index is 465. The molecule has 0 spiro atoms. The number of hydrogen-bond acceptors (Lipinski definition) is 4. The van der Waals surface area contributed by atoms with Crippen molar-refractivity contribution in [2.75, 3.05) is 0 Å². The average Bonchev–Trinajstić information content (AvgIpc) is 2.59. The molecule has 1 aliphatic heterocycles. The van der Waals surface area contributed by atoms with Crippen molar-refractivity contribution in [3.63, 3.8) is 0 Å². The van der Waals surface area contributed by atoms with Crippen LogP contribution >= 0.6 is 10.6 Å². The average molecular weight is 237 g/mol. The Morgan fingerprint density at radius 2 is 1.94 bits per heavy atom. The van der Waals surface area contributed by atoms with Crippen molar-refractivity contribution in [1.82, 2.24) is 0 Å². The molecular weight excluding hydrogens is 226 g/mol. The second kappa shape index (κ2) is 4.21. The Hall–Kier alpha value is -1.43. The molecule has 2 N–H and O–H groups in total. The summed E-state index contributed by atoms with van der Waals surface area (Å²) in [5.41, 5.74) is 2.09. The molecule has 0 aromatic heterocycles. The summed E-state index contributed by atoms with van der Waals surface area (Å²) < 4.78 is 18.5. The standard InChI is InChI=1S/C11H11NO3S/c13-11(9-4-2-1-3-5-9)6-10-7-16(14,15)8-12-10/h1-5,7-8,14-15H,6H2. The van der Waals surface area contributed by atoms with E-state index < -0.39 is 10.6 Å². The van der Waals surface area contributed by atoms with E-state index in [9.17, 15) is 13.9 Å². The number of nitrogens with zero attached hydrogens (tertiary/aromatic N) is 1. The minimum atomic E-state index is -2.83. The fraction of sp³-hybridized carbons (Fsp3) is 0.0909. The van der Waals surface area contributed by atoms with Crippen molar-refractivity contribution in [3.8, 4) is 0 Å². The highest BCUT2D eigenvalue weighted by atomic mass is 32.3. The van der Waals surface area contributed by atoms with Crippen LogP contribution in [0.15, 0.2) is 46.4 Å². The first-order valence-corrected chi connectivity index (χ1v) is 6.35. The van der Waals surface area contributed by atoms with Gasteiger partial charge in [-0.1, -0.05) is 30.3 Å². The maximum Gasteiger partial charge on any atom is 0.168 e. The summed E-state index contributed by atoms with van der Waals surface area (Å²) in [6.07, 6.45) is 0.0936. The number of benzene rings is 1. The third kappa shape index (κ3) is 2.57. The van der Waals surface area contributed by atoms with Crippen LogP contribution in [0.25, 0.3) is 0 Å². The van der Waals surface area contributed by atoms with E-state index in [0.29, 0.717) is 11.3 Å². The second-order valence-electron chi connectivity index (χ2n) is 3.45. The first-order valence-electron chi connectivity index (χ1n) is 4.68. The Balaban J connectivity index is 2.08. The van der Waals surface area contributed by atoms with E-state index in [1.54, 1.807) is 24.3 Å². The number of hydrogen-bond donors (Lipinski definition) is 2. The molecule has 0 amide bonds. The Labute approximate surface area is 94.7 Å². The molecule has 1 aromatic carbocycles. The van der Waals surface area contributed by atoms with Gasteiger partial charge in [0.25, 0.3) is 0 Å². The lowest BCUT2D eigenvalue weighted by Crippen LogP contribution is -1.98. The molecule has 0 aliphatic carbocycles. The van der Waals surface area contributed by atoms with Crippen LogP contribution in [-0.2, 0) is 0 Å². The van der Waals surface area contributed by atoms with E-state index in [0.717, 1.165) is 5.55 Å². The monoisotopic (exact) mass is 237 g/mol. The van der Waals surface area contributed by atoms with Gasteiger partial charge in [0.1, 0.15) is 5.55 Å². The molecule has 84 valence electrons. The van der Waals surface area contributed by atoms with E-state index in [4.69, 9.17) is 0 Å². The Morgan fingerprint density at radius 1 is 1.25 bits per heavy atom. The quantitative estimate of drug-likeness (QED) is 0.794. The number of ketones is 1. The highest BCUT2D eigenvalue weighted by molar-refractivity contribution is 8.37. The highest BCUT2D eigenvalue weighted by Gasteiger charge is 2.17. The highest BCUT2D eigenvalue weighted by Crippen LogP contribution is 2.43.